The van der Waals surface area contributed by atoms with Crippen LogP contribution >= 0.6 is 0 Å². The smallest absolute Gasteiger partial charge is 0.335 e. The van der Waals surface area contributed by atoms with Gasteiger partial charge in [-0.25, -0.2) is 9.18 Å². The van der Waals surface area contributed by atoms with Crippen LogP contribution in [0.4, 0.5) is 10.1 Å². The van der Waals surface area contributed by atoms with Crippen molar-refractivity contribution in [1.29, 1.82) is 0 Å². The Balaban J connectivity index is 1.73. The second-order valence-corrected chi connectivity index (χ2v) is 6.38. The molecular formula is C19H18FNO3. The van der Waals surface area contributed by atoms with E-state index < -0.39 is 5.97 Å². The lowest BCUT2D eigenvalue weighted by molar-refractivity contribution is -0.0382. The topological polar surface area (TPSA) is 58.6 Å². The van der Waals surface area contributed by atoms with Gasteiger partial charge >= 0.3 is 5.97 Å². The first kappa shape index (κ1) is 15.1. The zero-order valence-electron chi connectivity index (χ0n) is 13.0. The van der Waals surface area contributed by atoms with E-state index in [2.05, 4.69) is 5.32 Å². The van der Waals surface area contributed by atoms with Crippen LogP contribution in [0.2, 0.25) is 0 Å². The van der Waals surface area contributed by atoms with Crippen molar-refractivity contribution in [2.45, 2.75) is 25.0 Å². The van der Waals surface area contributed by atoms with Gasteiger partial charge in [0.2, 0.25) is 0 Å². The Hall–Kier alpha value is -2.40. The maximum Gasteiger partial charge on any atom is 0.335 e. The number of rotatable bonds is 2. The van der Waals surface area contributed by atoms with Gasteiger partial charge in [0.05, 0.1) is 17.7 Å². The van der Waals surface area contributed by atoms with Gasteiger partial charge in [-0.1, -0.05) is 12.1 Å². The molecule has 2 unspecified atom stereocenters. The van der Waals surface area contributed by atoms with Crippen LogP contribution in [0.3, 0.4) is 0 Å². The van der Waals surface area contributed by atoms with Gasteiger partial charge in [-0.05, 0) is 48.7 Å². The number of carboxylic acid groups (broad SMARTS) is 1. The standard InChI is InChI=1S/C19H18FNO3/c20-13-7-8-16-15(10-13)18-14(2-1-9-24-18)17(21-16)11-3-5-12(6-4-11)19(22)23/h3-8,10,14,17-18,21H,1-2,9H2,(H,22,23)/t14?,17-,18?/m0/s1. The number of ether oxygens (including phenoxy) is 1. The van der Waals surface area contributed by atoms with Crippen molar-refractivity contribution in [3.05, 3.63) is 65.0 Å². The Morgan fingerprint density at radius 2 is 2.00 bits per heavy atom. The zero-order chi connectivity index (χ0) is 16.7. The maximum atomic E-state index is 13.7. The highest BCUT2D eigenvalue weighted by Crippen LogP contribution is 2.49. The highest BCUT2D eigenvalue weighted by molar-refractivity contribution is 5.87. The zero-order valence-corrected chi connectivity index (χ0v) is 13.0. The molecule has 124 valence electrons. The highest BCUT2D eigenvalue weighted by atomic mass is 19.1. The first-order chi connectivity index (χ1) is 11.6. The SMILES string of the molecule is O=C(O)c1ccc([C@@H]2Nc3ccc(F)cc3C3OCCCC32)cc1. The lowest BCUT2D eigenvalue weighted by Gasteiger charge is -2.43. The maximum absolute atomic E-state index is 13.7. The summed E-state index contributed by atoms with van der Waals surface area (Å²) in [6.45, 7) is 0.682. The molecule has 0 bridgehead atoms. The summed E-state index contributed by atoms with van der Waals surface area (Å²) in [6, 6.07) is 11.7. The number of aromatic carboxylic acids is 1. The molecular weight excluding hydrogens is 309 g/mol. The molecule has 0 amide bonds. The fraction of sp³-hybridized carbons (Fsp3) is 0.316. The molecule has 2 aromatic rings. The predicted octanol–water partition coefficient (Wildman–Crippen LogP) is 4.16. The number of carbonyl (C=O) groups is 1. The van der Waals surface area contributed by atoms with Crippen LogP contribution in [0.1, 0.15) is 46.5 Å². The van der Waals surface area contributed by atoms with E-state index in [1.165, 1.54) is 6.07 Å². The molecule has 4 nitrogen and oxygen atoms in total. The third kappa shape index (κ3) is 2.55. The number of hydrogen-bond acceptors (Lipinski definition) is 3. The molecule has 5 heteroatoms. The molecule has 3 atom stereocenters. The van der Waals surface area contributed by atoms with E-state index in [1.54, 1.807) is 24.3 Å². The summed E-state index contributed by atoms with van der Waals surface area (Å²) in [6.07, 6.45) is 1.82. The average molecular weight is 327 g/mol. The van der Waals surface area contributed by atoms with Gasteiger partial charge < -0.3 is 15.2 Å². The summed E-state index contributed by atoms with van der Waals surface area (Å²) in [7, 11) is 0. The van der Waals surface area contributed by atoms with E-state index >= 15 is 0 Å². The number of anilines is 1. The predicted molar refractivity (Wildman–Crippen MR) is 87.6 cm³/mol. The van der Waals surface area contributed by atoms with Crippen LogP contribution in [0, 0.1) is 11.7 Å². The third-order valence-corrected chi connectivity index (χ3v) is 4.94. The molecule has 24 heavy (non-hydrogen) atoms. The average Bonchev–Trinajstić information content (AvgIpc) is 2.61. The monoisotopic (exact) mass is 327 g/mol. The number of nitrogens with one attached hydrogen (secondary N) is 1. The molecule has 2 aliphatic rings. The van der Waals surface area contributed by atoms with Gasteiger partial charge in [-0.3, -0.25) is 0 Å². The highest BCUT2D eigenvalue weighted by Gasteiger charge is 2.39. The molecule has 2 N–H and O–H groups in total. The molecule has 1 saturated heterocycles. The molecule has 0 radical (unpaired) electrons. The number of fused-ring (bicyclic) bond motifs is 3. The Labute approximate surface area is 139 Å². The largest absolute Gasteiger partial charge is 0.478 e. The minimum Gasteiger partial charge on any atom is -0.478 e. The van der Waals surface area contributed by atoms with Crippen molar-refractivity contribution in [3.63, 3.8) is 0 Å². The molecule has 0 spiro atoms. The van der Waals surface area contributed by atoms with Gasteiger partial charge in [0.25, 0.3) is 0 Å². The molecule has 2 heterocycles. The summed E-state index contributed by atoms with van der Waals surface area (Å²) in [5, 5.41) is 12.6. The lowest BCUT2D eigenvalue weighted by atomic mass is 9.77. The van der Waals surface area contributed by atoms with E-state index in [1.807, 2.05) is 12.1 Å². The van der Waals surface area contributed by atoms with E-state index in [4.69, 9.17) is 9.84 Å². The normalized spacial score (nSPS) is 25.3. The Bertz CT molecular complexity index is 775. The van der Waals surface area contributed by atoms with Crippen molar-refractivity contribution in [3.8, 4) is 0 Å². The summed E-state index contributed by atoms with van der Waals surface area (Å²) in [5.41, 5.74) is 3.05. The van der Waals surface area contributed by atoms with Gasteiger partial charge in [-0.15, -0.1) is 0 Å². The van der Waals surface area contributed by atoms with E-state index in [0.29, 0.717) is 6.61 Å². The van der Waals surface area contributed by atoms with E-state index in [-0.39, 0.29) is 29.4 Å². The van der Waals surface area contributed by atoms with Crippen molar-refractivity contribution < 1.29 is 19.0 Å². The number of hydrogen-bond donors (Lipinski definition) is 2. The van der Waals surface area contributed by atoms with Gasteiger partial charge in [-0.2, -0.15) is 0 Å². The van der Waals surface area contributed by atoms with Crippen molar-refractivity contribution in [2.75, 3.05) is 11.9 Å². The van der Waals surface area contributed by atoms with Crippen LogP contribution in [0.15, 0.2) is 42.5 Å². The third-order valence-electron chi connectivity index (χ3n) is 4.94. The molecule has 2 aliphatic heterocycles. The van der Waals surface area contributed by atoms with Gasteiger partial charge in [0, 0.05) is 23.8 Å². The molecule has 4 rings (SSSR count). The number of halogens is 1. The van der Waals surface area contributed by atoms with Crippen LogP contribution in [0.25, 0.3) is 0 Å². The van der Waals surface area contributed by atoms with Crippen LogP contribution in [-0.2, 0) is 4.74 Å². The molecule has 0 aromatic heterocycles. The summed E-state index contributed by atoms with van der Waals surface area (Å²) < 4.78 is 19.6. The van der Waals surface area contributed by atoms with Gasteiger partial charge in [0.15, 0.2) is 0 Å². The quantitative estimate of drug-likeness (QED) is 0.869. The minimum absolute atomic E-state index is 0.0242. The fourth-order valence-electron chi connectivity index (χ4n) is 3.80. The molecule has 0 aliphatic carbocycles. The summed E-state index contributed by atoms with van der Waals surface area (Å²) >= 11 is 0. The van der Waals surface area contributed by atoms with E-state index in [0.717, 1.165) is 29.7 Å². The van der Waals surface area contributed by atoms with Crippen LogP contribution in [0.5, 0.6) is 0 Å². The molecule has 2 aromatic carbocycles. The minimum atomic E-state index is -0.933. The lowest BCUT2D eigenvalue weighted by Crippen LogP contribution is -2.36. The Morgan fingerprint density at radius 1 is 1.21 bits per heavy atom. The summed E-state index contributed by atoms with van der Waals surface area (Å²) in [5.74, 6) is -0.991. The van der Waals surface area contributed by atoms with E-state index in [9.17, 15) is 9.18 Å². The van der Waals surface area contributed by atoms with Crippen molar-refractivity contribution >= 4 is 11.7 Å². The van der Waals surface area contributed by atoms with Crippen molar-refractivity contribution in [1.82, 2.24) is 0 Å². The van der Waals surface area contributed by atoms with Crippen LogP contribution in [-0.4, -0.2) is 17.7 Å². The molecule has 0 saturated carbocycles. The summed E-state index contributed by atoms with van der Waals surface area (Å²) in [4.78, 5) is 11.0. The number of carboxylic acids is 1. The molecule has 1 fully saturated rings. The Morgan fingerprint density at radius 3 is 2.75 bits per heavy atom. The van der Waals surface area contributed by atoms with Crippen LogP contribution < -0.4 is 5.32 Å². The second kappa shape index (κ2) is 5.91. The first-order valence-electron chi connectivity index (χ1n) is 8.14. The fourth-order valence-corrected chi connectivity index (χ4v) is 3.80. The Kier molecular flexibility index (Phi) is 3.73. The van der Waals surface area contributed by atoms with Crippen molar-refractivity contribution in [2.24, 2.45) is 5.92 Å². The first-order valence-corrected chi connectivity index (χ1v) is 8.14. The second-order valence-electron chi connectivity index (χ2n) is 6.38. The van der Waals surface area contributed by atoms with Gasteiger partial charge in [0.1, 0.15) is 5.82 Å². The number of benzene rings is 2.